The Morgan fingerprint density at radius 3 is 2.46 bits per heavy atom. The Morgan fingerprint density at radius 1 is 1.06 bits per heavy atom. The fourth-order valence-electron chi connectivity index (χ4n) is 5.87. The van der Waals surface area contributed by atoms with Gasteiger partial charge in [-0.1, -0.05) is 48.9 Å². The standard InChI is InChI=1S/C33H32ClF3N8O3/c1-3-26-28(43-15-13-42(14-16-43)18-22-11-12-38-20(2)29(22)47)31(48)45-32(40-30(41-45)21-7-5-4-6-8-21)44(26)19-27(46)39-25-10-9-23(17-24(25)34)33(35,36)37/h4-12,17,47H,3,13-16,18-19H2,1-2H3,(H,39,46). The van der Waals surface area contributed by atoms with Crippen LogP contribution in [-0.4, -0.2) is 66.2 Å². The second-order valence-electron chi connectivity index (χ2n) is 11.5. The highest BCUT2D eigenvalue weighted by Gasteiger charge is 2.31. The number of alkyl halides is 3. The number of nitrogens with zero attached hydrogens (tertiary/aromatic N) is 7. The third kappa shape index (κ3) is 6.58. The number of amides is 1. The molecule has 0 aliphatic carbocycles. The van der Waals surface area contributed by atoms with Gasteiger partial charge in [-0.15, -0.1) is 5.10 Å². The molecule has 250 valence electrons. The molecule has 48 heavy (non-hydrogen) atoms. The molecule has 1 aliphatic heterocycles. The lowest BCUT2D eigenvalue weighted by molar-refractivity contribution is -0.137. The Labute approximate surface area is 278 Å². The maximum atomic E-state index is 14.1. The predicted octanol–water partition coefficient (Wildman–Crippen LogP) is 5.16. The van der Waals surface area contributed by atoms with Crippen LogP contribution in [0, 0.1) is 6.92 Å². The zero-order chi connectivity index (χ0) is 34.2. The number of aromatic nitrogens is 5. The number of aromatic hydroxyl groups is 1. The number of fused-ring (bicyclic) bond motifs is 1. The Bertz CT molecular complexity index is 2040. The van der Waals surface area contributed by atoms with E-state index in [9.17, 15) is 27.9 Å². The Hall–Kier alpha value is -4.95. The fourth-order valence-corrected chi connectivity index (χ4v) is 6.10. The molecule has 3 aromatic heterocycles. The first-order chi connectivity index (χ1) is 22.9. The van der Waals surface area contributed by atoms with Crippen molar-refractivity contribution in [2.45, 2.75) is 39.5 Å². The summed E-state index contributed by atoms with van der Waals surface area (Å²) in [4.78, 5) is 40.5. The van der Waals surface area contributed by atoms with Crippen molar-refractivity contribution >= 4 is 34.7 Å². The molecule has 2 aromatic carbocycles. The first-order valence-corrected chi connectivity index (χ1v) is 15.7. The summed E-state index contributed by atoms with van der Waals surface area (Å²) in [5.41, 5.74) is 1.65. The van der Waals surface area contributed by atoms with Crippen LogP contribution in [0.25, 0.3) is 17.2 Å². The van der Waals surface area contributed by atoms with E-state index in [0.29, 0.717) is 67.6 Å². The van der Waals surface area contributed by atoms with Gasteiger partial charge < -0.3 is 19.9 Å². The van der Waals surface area contributed by atoms with E-state index in [4.69, 9.17) is 11.6 Å². The second-order valence-corrected chi connectivity index (χ2v) is 11.9. The summed E-state index contributed by atoms with van der Waals surface area (Å²) in [5.74, 6) is 0.0293. The van der Waals surface area contributed by atoms with Gasteiger partial charge >= 0.3 is 6.18 Å². The molecule has 1 fully saturated rings. The van der Waals surface area contributed by atoms with Gasteiger partial charge in [-0.2, -0.15) is 22.7 Å². The molecule has 15 heteroatoms. The summed E-state index contributed by atoms with van der Waals surface area (Å²) in [6.07, 6.45) is -2.56. The fraction of sp³-hybridized carbons (Fsp3) is 0.303. The number of benzene rings is 2. The quantitative estimate of drug-likeness (QED) is 0.231. The SMILES string of the molecule is CCc1c(N2CCN(Cc3ccnc(C)c3O)CC2)c(=O)n2nc(-c3ccccc3)nc2n1CC(=O)Nc1ccc(C(F)(F)F)cc1Cl. The molecule has 0 spiro atoms. The third-order valence-corrected chi connectivity index (χ3v) is 8.65. The number of hydrogen-bond donors (Lipinski definition) is 2. The largest absolute Gasteiger partial charge is 0.506 e. The lowest BCUT2D eigenvalue weighted by Crippen LogP contribution is -2.48. The van der Waals surface area contributed by atoms with E-state index in [1.54, 1.807) is 23.8 Å². The molecular weight excluding hydrogens is 649 g/mol. The number of pyridine rings is 1. The average Bonchev–Trinajstić information content (AvgIpc) is 3.52. The van der Waals surface area contributed by atoms with Crippen LogP contribution in [0.1, 0.15) is 29.4 Å². The van der Waals surface area contributed by atoms with Gasteiger partial charge in [0, 0.05) is 50.0 Å². The molecular formula is C33H32ClF3N8O3. The van der Waals surface area contributed by atoms with E-state index in [-0.39, 0.29) is 34.3 Å². The monoisotopic (exact) mass is 680 g/mol. The van der Waals surface area contributed by atoms with Crippen LogP contribution in [0.3, 0.4) is 0 Å². The highest BCUT2D eigenvalue weighted by molar-refractivity contribution is 6.33. The lowest BCUT2D eigenvalue weighted by atomic mass is 10.1. The number of aryl methyl sites for hydroxylation is 1. The third-order valence-electron chi connectivity index (χ3n) is 8.34. The van der Waals surface area contributed by atoms with E-state index >= 15 is 0 Å². The summed E-state index contributed by atoms with van der Waals surface area (Å²) in [5, 5.41) is 17.3. The summed E-state index contributed by atoms with van der Waals surface area (Å²) >= 11 is 6.12. The normalized spacial score (nSPS) is 14.1. The predicted molar refractivity (Wildman–Crippen MR) is 175 cm³/mol. The minimum atomic E-state index is -4.59. The molecule has 0 atom stereocenters. The topological polar surface area (TPSA) is 121 Å². The van der Waals surface area contributed by atoms with Crippen LogP contribution in [0.2, 0.25) is 5.02 Å². The number of nitrogens with one attached hydrogen (secondary N) is 1. The van der Waals surface area contributed by atoms with Crippen molar-refractivity contribution < 1.29 is 23.1 Å². The number of hydrogen-bond acceptors (Lipinski definition) is 8. The number of rotatable bonds is 8. The zero-order valence-corrected chi connectivity index (χ0v) is 26.9. The Kier molecular flexibility index (Phi) is 9.12. The van der Waals surface area contributed by atoms with E-state index < -0.39 is 17.6 Å². The van der Waals surface area contributed by atoms with Crippen LogP contribution in [0.15, 0.2) is 65.6 Å². The maximum Gasteiger partial charge on any atom is 0.416 e. The van der Waals surface area contributed by atoms with Crippen LogP contribution >= 0.6 is 11.6 Å². The first kappa shape index (κ1) is 33.0. The average molecular weight is 681 g/mol. The highest BCUT2D eigenvalue weighted by Crippen LogP contribution is 2.34. The minimum Gasteiger partial charge on any atom is -0.506 e. The van der Waals surface area contributed by atoms with Gasteiger partial charge in [0.05, 0.1) is 27.7 Å². The van der Waals surface area contributed by atoms with Crippen molar-refractivity contribution in [3.05, 3.63) is 98.7 Å². The molecule has 11 nitrogen and oxygen atoms in total. The lowest BCUT2D eigenvalue weighted by Gasteiger charge is -2.37. The minimum absolute atomic E-state index is 0.0167. The summed E-state index contributed by atoms with van der Waals surface area (Å²) in [6, 6.07) is 13.6. The molecule has 1 aliphatic rings. The van der Waals surface area contributed by atoms with Gasteiger partial charge in [-0.3, -0.25) is 19.5 Å². The van der Waals surface area contributed by atoms with Gasteiger partial charge in [-0.25, -0.2) is 0 Å². The molecule has 6 rings (SSSR count). The van der Waals surface area contributed by atoms with Crippen molar-refractivity contribution in [3.8, 4) is 17.1 Å². The van der Waals surface area contributed by atoms with Crippen LogP contribution in [0.5, 0.6) is 5.75 Å². The molecule has 2 N–H and O–H groups in total. The van der Waals surface area contributed by atoms with Crippen LogP contribution in [0.4, 0.5) is 24.5 Å². The molecule has 5 aromatic rings. The first-order valence-electron chi connectivity index (χ1n) is 15.3. The van der Waals surface area contributed by atoms with E-state index in [1.807, 2.05) is 42.2 Å². The smallest absolute Gasteiger partial charge is 0.416 e. The molecule has 0 unspecified atom stereocenters. The summed E-state index contributed by atoms with van der Waals surface area (Å²) in [7, 11) is 0. The summed E-state index contributed by atoms with van der Waals surface area (Å²) < 4.78 is 42.3. The van der Waals surface area contributed by atoms with Gasteiger partial charge in [0.15, 0.2) is 5.82 Å². The molecule has 1 saturated heterocycles. The van der Waals surface area contributed by atoms with Crippen molar-refractivity contribution in [1.82, 2.24) is 29.0 Å². The molecule has 0 bridgehead atoms. The van der Waals surface area contributed by atoms with Crippen molar-refractivity contribution in [2.24, 2.45) is 0 Å². The van der Waals surface area contributed by atoms with Crippen LogP contribution < -0.4 is 15.8 Å². The number of piperazine rings is 1. The maximum absolute atomic E-state index is 14.1. The second kappa shape index (κ2) is 13.3. The number of anilines is 2. The van der Waals surface area contributed by atoms with E-state index in [2.05, 4.69) is 25.3 Å². The van der Waals surface area contributed by atoms with E-state index in [1.165, 1.54) is 4.52 Å². The number of carbonyl (C=O) groups is 1. The van der Waals surface area contributed by atoms with E-state index in [0.717, 1.165) is 23.8 Å². The van der Waals surface area contributed by atoms with Gasteiger partial charge in [-0.05, 0) is 37.6 Å². The Balaban J connectivity index is 1.34. The summed E-state index contributed by atoms with van der Waals surface area (Å²) in [6.45, 7) is 6.00. The zero-order valence-electron chi connectivity index (χ0n) is 26.1. The molecule has 1 amide bonds. The van der Waals surface area contributed by atoms with Gasteiger partial charge in [0.25, 0.3) is 5.56 Å². The van der Waals surface area contributed by atoms with Crippen molar-refractivity contribution in [1.29, 1.82) is 0 Å². The van der Waals surface area contributed by atoms with Crippen LogP contribution in [-0.2, 0) is 30.5 Å². The number of halogens is 4. The Morgan fingerprint density at radius 2 is 1.79 bits per heavy atom. The molecule has 0 saturated carbocycles. The van der Waals surface area contributed by atoms with Gasteiger partial charge in [0.2, 0.25) is 11.7 Å². The van der Waals surface area contributed by atoms with Crippen molar-refractivity contribution in [2.75, 3.05) is 36.4 Å². The number of carbonyl (C=O) groups excluding carboxylic acids is 1. The van der Waals surface area contributed by atoms with Crippen molar-refractivity contribution in [3.63, 3.8) is 0 Å². The molecule has 4 heterocycles. The molecule has 0 radical (unpaired) electrons. The highest BCUT2D eigenvalue weighted by atomic mass is 35.5. The van der Waals surface area contributed by atoms with Gasteiger partial charge in [0.1, 0.15) is 18.0 Å².